The zero-order valence-corrected chi connectivity index (χ0v) is 14.1. The fraction of sp³-hybridized carbons (Fsp3) is 0.368. The second kappa shape index (κ2) is 5.46. The van der Waals surface area contributed by atoms with Crippen molar-refractivity contribution in [2.75, 3.05) is 0 Å². The first-order valence-electron chi connectivity index (χ1n) is 8.12. The number of hydrogen-bond donors (Lipinski definition) is 1. The molecule has 1 aromatic rings. The van der Waals surface area contributed by atoms with Gasteiger partial charge in [-0.1, -0.05) is 12.1 Å². The van der Waals surface area contributed by atoms with Crippen molar-refractivity contribution in [1.82, 2.24) is 0 Å². The molecule has 1 fully saturated rings. The van der Waals surface area contributed by atoms with E-state index in [0.29, 0.717) is 5.57 Å². The molecule has 0 radical (unpaired) electrons. The van der Waals surface area contributed by atoms with Gasteiger partial charge in [-0.15, -0.1) is 0 Å². The zero-order valence-electron chi connectivity index (χ0n) is 14.1. The van der Waals surface area contributed by atoms with Crippen LogP contribution in [0.5, 0.6) is 0 Å². The molecule has 4 rings (SSSR count). The lowest BCUT2D eigenvalue weighted by Gasteiger charge is -2.13. The van der Waals surface area contributed by atoms with Crippen LogP contribution in [0.25, 0.3) is 0 Å². The summed E-state index contributed by atoms with van der Waals surface area (Å²) in [6.07, 6.45) is 0.554. The highest BCUT2D eigenvalue weighted by Crippen LogP contribution is 2.54. The van der Waals surface area contributed by atoms with Gasteiger partial charge in [0.15, 0.2) is 0 Å². The van der Waals surface area contributed by atoms with Gasteiger partial charge in [0.2, 0.25) is 0 Å². The molecule has 6 nitrogen and oxygen atoms in total. The fourth-order valence-electron chi connectivity index (χ4n) is 3.66. The van der Waals surface area contributed by atoms with E-state index >= 15 is 0 Å². The van der Waals surface area contributed by atoms with Gasteiger partial charge in [-0.05, 0) is 37.5 Å². The summed E-state index contributed by atoms with van der Waals surface area (Å²) < 4.78 is 15.9. The van der Waals surface area contributed by atoms with E-state index in [4.69, 9.17) is 14.2 Å². The molecule has 130 valence electrons. The molecule has 4 atom stereocenters. The Bertz CT molecular complexity index is 850. The van der Waals surface area contributed by atoms with E-state index in [-0.39, 0.29) is 5.57 Å². The number of hydrogen-bond acceptors (Lipinski definition) is 6. The maximum absolute atomic E-state index is 12.3. The molecule has 6 heteroatoms. The van der Waals surface area contributed by atoms with Gasteiger partial charge in [-0.2, -0.15) is 0 Å². The number of aliphatic hydroxyl groups excluding tert-OH is 1. The third-order valence-electron chi connectivity index (χ3n) is 5.18. The van der Waals surface area contributed by atoms with Crippen molar-refractivity contribution >= 4 is 11.9 Å². The lowest BCUT2D eigenvalue weighted by Crippen LogP contribution is -2.14. The van der Waals surface area contributed by atoms with Crippen LogP contribution in [0.4, 0.5) is 0 Å². The maximum Gasteiger partial charge on any atom is 0.338 e. The number of carbonyl (C=O) groups excluding carboxylic acids is 2. The van der Waals surface area contributed by atoms with Crippen LogP contribution >= 0.6 is 0 Å². The van der Waals surface area contributed by atoms with Gasteiger partial charge in [0.1, 0.15) is 6.10 Å². The first-order chi connectivity index (χ1) is 11.9. The third-order valence-corrected chi connectivity index (χ3v) is 5.18. The molecule has 0 bridgehead atoms. The highest BCUT2D eigenvalue weighted by atomic mass is 16.7. The topological polar surface area (TPSA) is 82.1 Å². The van der Waals surface area contributed by atoms with Gasteiger partial charge >= 0.3 is 11.9 Å². The molecular formula is C19H18O6. The van der Waals surface area contributed by atoms with Crippen molar-refractivity contribution in [3.63, 3.8) is 0 Å². The number of aliphatic hydroxyl groups is 1. The second-order valence-corrected chi connectivity index (χ2v) is 6.64. The van der Waals surface area contributed by atoms with Gasteiger partial charge in [0.25, 0.3) is 6.29 Å². The first-order valence-corrected chi connectivity index (χ1v) is 8.12. The number of carbonyl (C=O) groups is 2. The Hall–Kier alpha value is -2.60. The number of aryl methyl sites for hydroxylation is 1. The predicted molar refractivity (Wildman–Crippen MR) is 86.0 cm³/mol. The van der Waals surface area contributed by atoms with Crippen molar-refractivity contribution < 1.29 is 28.9 Å². The summed E-state index contributed by atoms with van der Waals surface area (Å²) in [5.41, 5.74) is 4.45. The average molecular weight is 342 g/mol. The van der Waals surface area contributed by atoms with Gasteiger partial charge in [-0.3, -0.25) is 0 Å². The standard InChI is InChI=1S/C19H18O6/c1-8-4-5-11-14(10(8)3)17-15(16(11)20)12(19(22)25-17)7-23-13-6-9(2)18(21)24-13/h4-7,13,15-17,20H,1-3H3/b12-7+/t13?,15-,16+,17+/m0/s1. The summed E-state index contributed by atoms with van der Waals surface area (Å²) >= 11 is 0. The summed E-state index contributed by atoms with van der Waals surface area (Å²) in [5.74, 6) is -1.49. The SMILES string of the molecule is CC1=CC(O/C=C2/C(=O)O[C@@H]3c4c(ccc(C)c4C)[C@@H](O)[C@H]23)OC1=O. The van der Waals surface area contributed by atoms with Crippen LogP contribution in [-0.2, 0) is 23.8 Å². The smallest absolute Gasteiger partial charge is 0.338 e. The molecule has 1 N–H and O–H groups in total. The van der Waals surface area contributed by atoms with Gasteiger partial charge < -0.3 is 19.3 Å². The van der Waals surface area contributed by atoms with Crippen LogP contribution in [-0.4, -0.2) is 23.3 Å². The van der Waals surface area contributed by atoms with Crippen molar-refractivity contribution in [3.8, 4) is 0 Å². The molecule has 0 amide bonds. The average Bonchev–Trinajstić information content (AvgIpc) is 3.15. The second-order valence-electron chi connectivity index (χ2n) is 6.64. The van der Waals surface area contributed by atoms with Crippen molar-refractivity contribution in [1.29, 1.82) is 0 Å². The summed E-state index contributed by atoms with van der Waals surface area (Å²) in [7, 11) is 0. The van der Waals surface area contributed by atoms with Gasteiger partial charge in [0, 0.05) is 17.2 Å². The Morgan fingerprint density at radius 1 is 1.12 bits per heavy atom. The van der Waals surface area contributed by atoms with Gasteiger partial charge in [0.05, 0.1) is 23.9 Å². The van der Waals surface area contributed by atoms with E-state index in [2.05, 4.69) is 0 Å². The molecule has 0 saturated carbocycles. The van der Waals surface area contributed by atoms with E-state index in [1.165, 1.54) is 12.3 Å². The minimum absolute atomic E-state index is 0.250. The first kappa shape index (κ1) is 15.9. The van der Waals surface area contributed by atoms with Crippen molar-refractivity contribution in [2.24, 2.45) is 5.92 Å². The number of cyclic esters (lactones) is 1. The minimum Gasteiger partial charge on any atom is -0.458 e. The Labute approximate surface area is 144 Å². The molecule has 3 aliphatic rings. The zero-order chi connectivity index (χ0) is 17.9. The fourth-order valence-corrected chi connectivity index (χ4v) is 3.66. The molecule has 2 aliphatic heterocycles. The molecule has 25 heavy (non-hydrogen) atoms. The van der Waals surface area contributed by atoms with Crippen LogP contribution < -0.4 is 0 Å². The van der Waals surface area contributed by atoms with E-state index in [9.17, 15) is 14.7 Å². The van der Waals surface area contributed by atoms with Crippen LogP contribution in [0.1, 0.15) is 41.4 Å². The van der Waals surface area contributed by atoms with E-state index < -0.39 is 36.4 Å². The molecule has 1 aliphatic carbocycles. The minimum atomic E-state index is -0.864. The molecule has 2 heterocycles. The Balaban J connectivity index is 1.65. The predicted octanol–water partition coefficient (Wildman–Crippen LogP) is 2.29. The van der Waals surface area contributed by atoms with Crippen LogP contribution in [0, 0.1) is 19.8 Å². The Morgan fingerprint density at radius 2 is 1.88 bits per heavy atom. The molecule has 1 saturated heterocycles. The summed E-state index contributed by atoms with van der Waals surface area (Å²) in [5, 5.41) is 10.7. The quantitative estimate of drug-likeness (QED) is 0.504. The number of fused-ring (bicyclic) bond motifs is 3. The van der Waals surface area contributed by atoms with Crippen LogP contribution in [0.15, 0.2) is 35.6 Å². The highest BCUT2D eigenvalue weighted by molar-refractivity contribution is 5.92. The number of rotatable bonds is 2. The lowest BCUT2D eigenvalue weighted by molar-refractivity contribution is -0.152. The third kappa shape index (κ3) is 2.28. The number of ether oxygens (including phenoxy) is 3. The molecule has 0 spiro atoms. The lowest BCUT2D eigenvalue weighted by atomic mass is 9.95. The normalized spacial score (nSPS) is 31.5. The van der Waals surface area contributed by atoms with Crippen molar-refractivity contribution in [3.05, 3.63) is 57.9 Å². The van der Waals surface area contributed by atoms with Gasteiger partial charge in [-0.25, -0.2) is 9.59 Å². The summed E-state index contributed by atoms with van der Waals surface area (Å²) in [4.78, 5) is 23.6. The molecular weight excluding hydrogens is 324 g/mol. The largest absolute Gasteiger partial charge is 0.458 e. The summed E-state index contributed by atoms with van der Waals surface area (Å²) in [6, 6.07) is 3.82. The summed E-state index contributed by atoms with van der Waals surface area (Å²) in [6.45, 7) is 5.57. The highest BCUT2D eigenvalue weighted by Gasteiger charge is 2.52. The molecule has 1 unspecified atom stereocenters. The van der Waals surface area contributed by atoms with Crippen molar-refractivity contribution in [2.45, 2.75) is 39.3 Å². The number of benzene rings is 1. The Kier molecular flexibility index (Phi) is 3.47. The number of esters is 2. The van der Waals surface area contributed by atoms with E-state index in [0.717, 1.165) is 22.3 Å². The maximum atomic E-state index is 12.3. The van der Waals surface area contributed by atoms with E-state index in [1.807, 2.05) is 26.0 Å². The molecule has 0 aromatic heterocycles. The Morgan fingerprint density at radius 3 is 2.56 bits per heavy atom. The van der Waals surface area contributed by atoms with Crippen LogP contribution in [0.3, 0.4) is 0 Å². The molecule has 1 aromatic carbocycles. The van der Waals surface area contributed by atoms with Crippen LogP contribution in [0.2, 0.25) is 0 Å². The van der Waals surface area contributed by atoms with E-state index in [1.54, 1.807) is 6.92 Å². The monoisotopic (exact) mass is 342 g/mol.